The molecule has 0 aliphatic heterocycles. The summed E-state index contributed by atoms with van der Waals surface area (Å²) in [7, 11) is -1.57. The third-order valence-corrected chi connectivity index (χ3v) is 9.64. The lowest BCUT2D eigenvalue weighted by Crippen LogP contribution is -2.43. The minimum absolute atomic E-state index is 0.428. The summed E-state index contributed by atoms with van der Waals surface area (Å²) < 4.78 is 27.1. The van der Waals surface area contributed by atoms with Crippen molar-refractivity contribution in [2.45, 2.75) is 55.0 Å². The molecule has 0 radical (unpaired) electrons. The predicted molar refractivity (Wildman–Crippen MR) is 118 cm³/mol. The van der Waals surface area contributed by atoms with Gasteiger partial charge >= 0.3 is 0 Å². The predicted octanol–water partition coefficient (Wildman–Crippen LogP) is 2.77. The smallest absolute Gasteiger partial charge is 0.252 e. The molecular formula is C18H32N4O2S3. The van der Waals surface area contributed by atoms with Crippen LogP contribution in [0.25, 0.3) is 0 Å². The van der Waals surface area contributed by atoms with Gasteiger partial charge in [-0.3, -0.25) is 4.99 Å². The van der Waals surface area contributed by atoms with Crippen LogP contribution in [0.1, 0.15) is 38.0 Å². The zero-order chi connectivity index (χ0) is 19.9. The molecule has 1 aromatic heterocycles. The molecule has 0 spiro atoms. The lowest BCUT2D eigenvalue weighted by atomic mass is 10.2. The molecule has 2 rings (SSSR count). The number of aliphatic imine (C=N–C) groups is 1. The van der Waals surface area contributed by atoms with Crippen molar-refractivity contribution in [2.75, 3.05) is 32.9 Å². The van der Waals surface area contributed by atoms with E-state index in [-0.39, 0.29) is 0 Å². The molecule has 27 heavy (non-hydrogen) atoms. The minimum atomic E-state index is -3.36. The normalized spacial score (nSPS) is 21.0. The maximum Gasteiger partial charge on any atom is 0.252 e. The van der Waals surface area contributed by atoms with Crippen molar-refractivity contribution in [3.63, 3.8) is 0 Å². The molecule has 9 heteroatoms. The fourth-order valence-corrected chi connectivity index (χ4v) is 7.06. The highest BCUT2D eigenvalue weighted by Gasteiger charge is 2.25. The van der Waals surface area contributed by atoms with E-state index in [0.717, 1.165) is 29.1 Å². The number of nitrogens with zero attached hydrogens (tertiary/aromatic N) is 2. The van der Waals surface area contributed by atoms with Gasteiger partial charge in [0.25, 0.3) is 10.0 Å². The number of hydrogen-bond acceptors (Lipinski definition) is 5. The number of rotatable bonds is 9. The van der Waals surface area contributed by atoms with Crippen LogP contribution in [-0.2, 0) is 16.4 Å². The fraction of sp³-hybridized carbons (Fsp3) is 0.722. The lowest BCUT2D eigenvalue weighted by molar-refractivity contribution is 0.447. The van der Waals surface area contributed by atoms with Gasteiger partial charge in [-0.15, -0.1) is 11.3 Å². The zero-order valence-corrected chi connectivity index (χ0v) is 19.1. The quantitative estimate of drug-likeness (QED) is 0.464. The van der Waals surface area contributed by atoms with Crippen LogP contribution in [0.5, 0.6) is 0 Å². The van der Waals surface area contributed by atoms with E-state index in [1.807, 2.05) is 31.7 Å². The van der Waals surface area contributed by atoms with Gasteiger partial charge in [0, 0.05) is 42.9 Å². The van der Waals surface area contributed by atoms with E-state index in [9.17, 15) is 8.42 Å². The summed E-state index contributed by atoms with van der Waals surface area (Å²) in [4.78, 5) is 5.37. The Bertz CT molecular complexity index is 714. The van der Waals surface area contributed by atoms with Gasteiger partial charge in [-0.05, 0) is 44.1 Å². The summed E-state index contributed by atoms with van der Waals surface area (Å²) in [6.45, 7) is 5.44. The van der Waals surface area contributed by atoms with Crippen molar-refractivity contribution in [2.24, 2.45) is 4.99 Å². The van der Waals surface area contributed by atoms with Crippen molar-refractivity contribution in [1.82, 2.24) is 14.9 Å². The van der Waals surface area contributed by atoms with Gasteiger partial charge in [0.1, 0.15) is 4.21 Å². The lowest BCUT2D eigenvalue weighted by Gasteiger charge is -2.17. The third-order valence-electron chi connectivity index (χ3n) is 4.88. The van der Waals surface area contributed by atoms with Crippen LogP contribution in [-0.4, -0.2) is 62.9 Å². The highest BCUT2D eigenvalue weighted by Crippen LogP contribution is 2.28. The van der Waals surface area contributed by atoms with Gasteiger partial charge in [0.05, 0.1) is 0 Å². The van der Waals surface area contributed by atoms with Gasteiger partial charge in [-0.25, -0.2) is 8.42 Å². The maximum absolute atomic E-state index is 12.6. The van der Waals surface area contributed by atoms with E-state index in [2.05, 4.69) is 21.9 Å². The summed E-state index contributed by atoms with van der Waals surface area (Å²) in [5.74, 6) is 0.828. The summed E-state index contributed by atoms with van der Waals surface area (Å²) >= 11 is 3.31. The Hall–Kier alpha value is -0.770. The number of thiophene rings is 1. The molecule has 2 N–H and O–H groups in total. The van der Waals surface area contributed by atoms with Gasteiger partial charge in [-0.1, -0.05) is 13.8 Å². The topological polar surface area (TPSA) is 73.8 Å². The Kier molecular flexibility index (Phi) is 8.91. The monoisotopic (exact) mass is 432 g/mol. The molecule has 1 aliphatic carbocycles. The van der Waals surface area contributed by atoms with E-state index < -0.39 is 10.0 Å². The van der Waals surface area contributed by atoms with Crippen molar-refractivity contribution >= 4 is 39.1 Å². The number of guanidine groups is 1. The molecule has 2 atom stereocenters. The number of sulfonamides is 1. The van der Waals surface area contributed by atoms with E-state index in [4.69, 9.17) is 0 Å². The summed E-state index contributed by atoms with van der Waals surface area (Å²) in [6, 6.07) is 4.13. The SMILES string of the molecule is CCN(CC)S(=O)(=O)c1ccc(CCNC(=NC)NC2CCC(SC)C2)s1. The maximum atomic E-state index is 12.6. The molecule has 1 fully saturated rings. The first kappa shape index (κ1) is 22.5. The van der Waals surface area contributed by atoms with E-state index in [1.54, 1.807) is 13.1 Å². The number of thioether (sulfide) groups is 1. The average Bonchev–Trinajstić information content (AvgIpc) is 3.31. The Morgan fingerprint density at radius 2 is 2.07 bits per heavy atom. The average molecular weight is 433 g/mol. The second-order valence-corrected chi connectivity index (χ2v) is 11.0. The molecule has 1 heterocycles. The second-order valence-electron chi connectivity index (χ2n) is 6.57. The molecular weight excluding hydrogens is 400 g/mol. The highest BCUT2D eigenvalue weighted by atomic mass is 32.2. The summed E-state index contributed by atoms with van der Waals surface area (Å²) in [5.41, 5.74) is 0. The fourth-order valence-electron chi connectivity index (χ4n) is 3.30. The van der Waals surface area contributed by atoms with Crippen LogP contribution >= 0.6 is 23.1 Å². The molecule has 154 valence electrons. The van der Waals surface area contributed by atoms with Crippen molar-refractivity contribution < 1.29 is 8.42 Å². The molecule has 6 nitrogen and oxygen atoms in total. The Balaban J connectivity index is 1.84. The number of hydrogen-bond donors (Lipinski definition) is 2. The van der Waals surface area contributed by atoms with Gasteiger partial charge in [0.15, 0.2) is 5.96 Å². The van der Waals surface area contributed by atoms with Crippen LogP contribution < -0.4 is 10.6 Å². The van der Waals surface area contributed by atoms with Crippen LogP contribution in [0.4, 0.5) is 0 Å². The first-order valence-corrected chi connectivity index (χ1v) is 13.1. The van der Waals surface area contributed by atoms with Crippen LogP contribution in [0.15, 0.2) is 21.3 Å². The van der Waals surface area contributed by atoms with Gasteiger partial charge < -0.3 is 10.6 Å². The summed E-state index contributed by atoms with van der Waals surface area (Å²) in [6.07, 6.45) is 6.57. The highest BCUT2D eigenvalue weighted by molar-refractivity contribution is 7.99. The van der Waals surface area contributed by atoms with E-state index in [0.29, 0.717) is 23.3 Å². The Labute approximate surface area is 172 Å². The number of nitrogens with one attached hydrogen (secondary N) is 2. The Morgan fingerprint density at radius 3 is 2.67 bits per heavy atom. The van der Waals surface area contributed by atoms with Crippen LogP contribution in [0.3, 0.4) is 0 Å². The van der Waals surface area contributed by atoms with E-state index in [1.165, 1.54) is 34.9 Å². The second kappa shape index (κ2) is 10.7. The molecule has 1 aromatic rings. The molecule has 0 aromatic carbocycles. The van der Waals surface area contributed by atoms with Crippen LogP contribution in [0.2, 0.25) is 0 Å². The molecule has 0 saturated heterocycles. The van der Waals surface area contributed by atoms with Gasteiger partial charge in [-0.2, -0.15) is 16.1 Å². The molecule has 0 amide bonds. The Morgan fingerprint density at radius 1 is 1.33 bits per heavy atom. The van der Waals surface area contributed by atoms with Crippen molar-refractivity contribution in [3.8, 4) is 0 Å². The van der Waals surface area contributed by atoms with Gasteiger partial charge in [0.2, 0.25) is 0 Å². The standard InChI is InChI=1S/C18H32N4O2S3/c1-5-22(6-2)27(23,24)17-10-9-15(26-17)11-12-20-18(19-3)21-14-7-8-16(13-14)25-4/h9-10,14,16H,5-8,11-13H2,1-4H3,(H2,19,20,21). The zero-order valence-electron chi connectivity index (χ0n) is 16.7. The largest absolute Gasteiger partial charge is 0.356 e. The summed E-state index contributed by atoms with van der Waals surface area (Å²) in [5, 5.41) is 7.60. The molecule has 2 unspecified atom stereocenters. The molecule has 1 saturated carbocycles. The minimum Gasteiger partial charge on any atom is -0.356 e. The van der Waals surface area contributed by atoms with Crippen molar-refractivity contribution in [1.29, 1.82) is 0 Å². The van der Waals surface area contributed by atoms with Crippen LogP contribution in [0, 0.1) is 0 Å². The molecule has 1 aliphatic rings. The molecule has 0 bridgehead atoms. The van der Waals surface area contributed by atoms with E-state index >= 15 is 0 Å². The first-order valence-electron chi connectivity index (χ1n) is 9.53. The third kappa shape index (κ3) is 6.10. The first-order chi connectivity index (χ1) is 12.9. The van der Waals surface area contributed by atoms with Crippen molar-refractivity contribution in [3.05, 3.63) is 17.0 Å².